The fourth-order valence-electron chi connectivity index (χ4n) is 4.49. The number of aromatic nitrogens is 1. The fraction of sp³-hybridized carbons (Fsp3) is 0.241. The Labute approximate surface area is 204 Å². The van der Waals surface area contributed by atoms with Crippen LogP contribution in [0.1, 0.15) is 29.9 Å². The zero-order chi connectivity index (χ0) is 24.2. The molecule has 6 heteroatoms. The molecule has 1 aliphatic rings. The van der Waals surface area contributed by atoms with Gasteiger partial charge in [-0.15, -0.1) is 0 Å². The van der Waals surface area contributed by atoms with Crippen LogP contribution in [0.2, 0.25) is 0 Å². The number of nitrogens with zero attached hydrogens (tertiary/aromatic N) is 2. The lowest BCUT2D eigenvalue weighted by Gasteiger charge is -2.21. The Morgan fingerprint density at radius 1 is 1.00 bits per heavy atom. The van der Waals surface area contributed by atoms with E-state index in [4.69, 9.17) is 9.15 Å². The van der Waals surface area contributed by atoms with Gasteiger partial charge in [-0.05, 0) is 67.3 Å². The van der Waals surface area contributed by atoms with Crippen LogP contribution >= 0.6 is 0 Å². The maximum atomic E-state index is 11.4. The number of benzene rings is 3. The molecule has 35 heavy (non-hydrogen) atoms. The molecule has 1 fully saturated rings. The Balaban J connectivity index is 1.20. The minimum atomic E-state index is -0.739. The molecule has 1 atom stereocenters. The maximum Gasteiger partial charge on any atom is 0.320 e. The van der Waals surface area contributed by atoms with Gasteiger partial charge in [0.25, 0.3) is 0 Å². The van der Waals surface area contributed by atoms with E-state index in [0.717, 1.165) is 46.9 Å². The van der Waals surface area contributed by atoms with Crippen LogP contribution in [0.3, 0.4) is 0 Å². The molecule has 0 aliphatic carbocycles. The quantitative estimate of drug-likeness (QED) is 0.345. The molecule has 1 aliphatic heterocycles. The fourth-order valence-corrected chi connectivity index (χ4v) is 4.49. The number of hydrogen-bond acceptors (Lipinski definition) is 5. The van der Waals surface area contributed by atoms with Gasteiger partial charge in [-0.1, -0.05) is 54.6 Å². The van der Waals surface area contributed by atoms with Gasteiger partial charge in [0.2, 0.25) is 5.89 Å². The van der Waals surface area contributed by atoms with Crippen molar-refractivity contribution in [3.05, 3.63) is 95.9 Å². The highest BCUT2D eigenvalue weighted by Gasteiger charge is 2.30. The number of ether oxygens (including phenoxy) is 1. The summed E-state index contributed by atoms with van der Waals surface area (Å²) in [6.07, 6.45) is 1.64. The van der Waals surface area contributed by atoms with Crippen molar-refractivity contribution in [3.8, 4) is 28.3 Å². The molecule has 5 rings (SSSR count). The average molecular weight is 469 g/mol. The molecule has 0 radical (unpaired) electrons. The van der Waals surface area contributed by atoms with Gasteiger partial charge in [0.05, 0.1) is 0 Å². The molecular formula is C29H28N2O4. The molecule has 0 unspecified atom stereocenters. The molecule has 6 nitrogen and oxygen atoms in total. The van der Waals surface area contributed by atoms with Crippen molar-refractivity contribution in [2.45, 2.75) is 39.0 Å². The minimum Gasteiger partial charge on any atom is -0.487 e. The third kappa shape index (κ3) is 5.28. The van der Waals surface area contributed by atoms with E-state index in [0.29, 0.717) is 25.5 Å². The van der Waals surface area contributed by atoms with Gasteiger partial charge < -0.3 is 14.3 Å². The summed E-state index contributed by atoms with van der Waals surface area (Å²) >= 11 is 0. The maximum absolute atomic E-state index is 11.4. The molecule has 4 aromatic rings. The smallest absolute Gasteiger partial charge is 0.320 e. The zero-order valence-electron chi connectivity index (χ0n) is 19.7. The Kier molecular flexibility index (Phi) is 6.64. The predicted octanol–water partition coefficient (Wildman–Crippen LogP) is 5.95. The van der Waals surface area contributed by atoms with Gasteiger partial charge in [-0.25, -0.2) is 4.98 Å². The number of rotatable bonds is 8. The van der Waals surface area contributed by atoms with E-state index in [2.05, 4.69) is 29.2 Å². The highest BCUT2D eigenvalue weighted by Crippen LogP contribution is 2.27. The van der Waals surface area contributed by atoms with Crippen LogP contribution in [-0.2, 0) is 17.9 Å². The molecule has 1 saturated heterocycles. The molecule has 2 heterocycles. The van der Waals surface area contributed by atoms with Crippen molar-refractivity contribution in [1.82, 2.24) is 9.88 Å². The lowest BCUT2D eigenvalue weighted by molar-refractivity contribution is -0.142. The largest absolute Gasteiger partial charge is 0.487 e. The molecule has 0 amide bonds. The summed E-state index contributed by atoms with van der Waals surface area (Å²) in [7, 11) is 0. The Morgan fingerprint density at radius 2 is 1.69 bits per heavy atom. The number of aliphatic carboxylic acids is 1. The molecule has 0 saturated carbocycles. The topological polar surface area (TPSA) is 75.8 Å². The van der Waals surface area contributed by atoms with Crippen molar-refractivity contribution in [3.63, 3.8) is 0 Å². The number of oxazole rings is 1. The normalized spacial score (nSPS) is 15.9. The molecule has 0 bridgehead atoms. The molecule has 0 spiro atoms. The predicted molar refractivity (Wildman–Crippen MR) is 134 cm³/mol. The second-order valence-corrected chi connectivity index (χ2v) is 8.86. The standard InChI is InChI=1S/C29H28N2O4/c1-20-26(30-28(35-20)24-13-11-23(12-14-24)22-6-3-2-4-7-22)19-34-25-15-9-21(10-16-25)18-31-17-5-8-27(31)29(32)33/h2-4,6-7,9-16,27H,5,8,17-19H2,1H3,(H,32,33)/t27-/m0/s1. The van der Waals surface area contributed by atoms with Crippen molar-refractivity contribution < 1.29 is 19.1 Å². The first kappa shape index (κ1) is 22.9. The summed E-state index contributed by atoms with van der Waals surface area (Å²) in [5.74, 6) is 1.31. The lowest BCUT2D eigenvalue weighted by Crippen LogP contribution is -2.35. The zero-order valence-corrected chi connectivity index (χ0v) is 19.7. The van der Waals surface area contributed by atoms with Crippen LogP contribution in [0.5, 0.6) is 5.75 Å². The van der Waals surface area contributed by atoms with Crippen molar-refractivity contribution in [2.75, 3.05) is 6.54 Å². The monoisotopic (exact) mass is 468 g/mol. The summed E-state index contributed by atoms with van der Waals surface area (Å²) in [4.78, 5) is 18.1. The molecule has 178 valence electrons. The first-order chi connectivity index (χ1) is 17.1. The third-order valence-corrected chi connectivity index (χ3v) is 6.46. The van der Waals surface area contributed by atoms with Crippen LogP contribution in [0.15, 0.2) is 83.3 Å². The summed E-state index contributed by atoms with van der Waals surface area (Å²) < 4.78 is 11.9. The van der Waals surface area contributed by atoms with E-state index in [1.54, 1.807) is 0 Å². The van der Waals surface area contributed by atoms with Gasteiger partial charge in [0.15, 0.2) is 0 Å². The Hall–Kier alpha value is -3.90. The minimum absolute atomic E-state index is 0.310. The van der Waals surface area contributed by atoms with Crippen molar-refractivity contribution in [1.29, 1.82) is 0 Å². The number of likely N-dealkylation sites (tertiary alicyclic amines) is 1. The number of carbonyl (C=O) groups is 1. The second-order valence-electron chi connectivity index (χ2n) is 8.86. The van der Waals surface area contributed by atoms with Crippen LogP contribution in [0.4, 0.5) is 0 Å². The van der Waals surface area contributed by atoms with Crippen LogP contribution in [0, 0.1) is 6.92 Å². The third-order valence-electron chi connectivity index (χ3n) is 6.46. The molecular weight excluding hydrogens is 440 g/mol. The van der Waals surface area contributed by atoms with Gasteiger partial charge >= 0.3 is 5.97 Å². The summed E-state index contributed by atoms with van der Waals surface area (Å²) in [5.41, 5.74) is 5.07. The number of carboxylic acids is 1. The van der Waals surface area contributed by atoms with Crippen molar-refractivity contribution >= 4 is 5.97 Å². The van der Waals surface area contributed by atoms with E-state index in [-0.39, 0.29) is 6.04 Å². The second kappa shape index (κ2) is 10.2. The average Bonchev–Trinajstić information content (AvgIpc) is 3.51. The summed E-state index contributed by atoms with van der Waals surface area (Å²) in [5, 5.41) is 9.37. The summed E-state index contributed by atoms with van der Waals surface area (Å²) in [6.45, 7) is 3.65. The van der Waals surface area contributed by atoms with Gasteiger partial charge in [-0.2, -0.15) is 0 Å². The van der Waals surface area contributed by atoms with E-state index in [1.807, 2.05) is 66.4 Å². The number of hydrogen-bond donors (Lipinski definition) is 1. The first-order valence-corrected chi connectivity index (χ1v) is 11.9. The SMILES string of the molecule is Cc1oc(-c2ccc(-c3ccccc3)cc2)nc1COc1ccc(CN2CCC[C@H]2C(=O)O)cc1. The van der Waals surface area contributed by atoms with Crippen LogP contribution in [-0.4, -0.2) is 33.5 Å². The van der Waals surface area contributed by atoms with Crippen LogP contribution < -0.4 is 4.74 Å². The van der Waals surface area contributed by atoms with E-state index in [1.165, 1.54) is 5.56 Å². The van der Waals surface area contributed by atoms with Crippen molar-refractivity contribution in [2.24, 2.45) is 0 Å². The van der Waals surface area contributed by atoms with E-state index < -0.39 is 5.97 Å². The number of carboxylic acid groups (broad SMARTS) is 1. The van der Waals surface area contributed by atoms with Crippen LogP contribution in [0.25, 0.3) is 22.6 Å². The molecule has 1 N–H and O–H groups in total. The van der Waals surface area contributed by atoms with E-state index >= 15 is 0 Å². The Morgan fingerprint density at radius 3 is 2.40 bits per heavy atom. The molecule has 1 aromatic heterocycles. The van der Waals surface area contributed by atoms with Gasteiger partial charge in [-0.3, -0.25) is 9.69 Å². The lowest BCUT2D eigenvalue weighted by atomic mass is 10.0. The number of aryl methyl sites for hydroxylation is 1. The van der Waals surface area contributed by atoms with E-state index in [9.17, 15) is 9.90 Å². The first-order valence-electron chi connectivity index (χ1n) is 11.9. The van der Waals surface area contributed by atoms with Gasteiger partial charge in [0.1, 0.15) is 29.9 Å². The summed E-state index contributed by atoms with van der Waals surface area (Å²) in [6, 6.07) is 25.9. The van der Waals surface area contributed by atoms with Gasteiger partial charge in [0, 0.05) is 12.1 Å². The highest BCUT2D eigenvalue weighted by molar-refractivity contribution is 5.73. The highest BCUT2D eigenvalue weighted by atomic mass is 16.5. The molecule has 3 aromatic carbocycles. The Bertz CT molecular complexity index is 1280.